The number of rotatable bonds is 6. The molecule has 1 aromatic heterocycles. The van der Waals surface area contributed by atoms with Gasteiger partial charge >= 0.3 is 6.03 Å². The zero-order valence-electron chi connectivity index (χ0n) is 24.6. The van der Waals surface area contributed by atoms with E-state index in [4.69, 9.17) is 0 Å². The van der Waals surface area contributed by atoms with Crippen molar-refractivity contribution < 1.29 is 19.3 Å². The summed E-state index contributed by atoms with van der Waals surface area (Å²) in [5, 5.41) is 14.5. The molecule has 226 valence electrons. The third-order valence-electron chi connectivity index (χ3n) is 10.5. The zero-order chi connectivity index (χ0) is 30.9. The number of aromatic nitrogens is 1. The molecule has 4 bridgehead atoms. The van der Waals surface area contributed by atoms with Crippen LogP contribution < -0.4 is 10.2 Å². The number of nitrogens with one attached hydrogen (secondary N) is 1. The number of nitro groups is 1. The maximum atomic E-state index is 13.8. The van der Waals surface area contributed by atoms with Crippen LogP contribution in [0.2, 0.25) is 0 Å². The minimum atomic E-state index is -0.766. The van der Waals surface area contributed by atoms with Gasteiger partial charge in [0, 0.05) is 41.3 Å². The average molecular weight is 601 g/mol. The van der Waals surface area contributed by atoms with E-state index in [0.717, 1.165) is 39.1 Å². The Bertz CT molecular complexity index is 1900. The molecule has 9 rings (SSSR count). The number of imide groups is 2. The van der Waals surface area contributed by atoms with Crippen LogP contribution in [-0.4, -0.2) is 27.3 Å². The Morgan fingerprint density at radius 1 is 0.889 bits per heavy atom. The fraction of sp³-hybridized carbons (Fsp3) is 0.306. The van der Waals surface area contributed by atoms with Gasteiger partial charge in [-0.25, -0.2) is 9.69 Å². The number of barbiturate groups is 1. The van der Waals surface area contributed by atoms with Crippen LogP contribution in [0.5, 0.6) is 0 Å². The van der Waals surface area contributed by atoms with Gasteiger partial charge in [0.1, 0.15) is 5.57 Å². The third-order valence-corrected chi connectivity index (χ3v) is 10.5. The molecule has 9 nitrogen and oxygen atoms in total. The maximum Gasteiger partial charge on any atom is 0.335 e. The monoisotopic (exact) mass is 600 g/mol. The number of carbonyl (C=O) groups is 3. The van der Waals surface area contributed by atoms with Gasteiger partial charge in [0.2, 0.25) is 0 Å². The number of nitrogens with zero attached hydrogens (tertiary/aromatic N) is 3. The fourth-order valence-electron chi connectivity index (χ4n) is 8.96. The smallest absolute Gasteiger partial charge is 0.335 e. The van der Waals surface area contributed by atoms with E-state index >= 15 is 0 Å². The first kappa shape index (κ1) is 27.5. The summed E-state index contributed by atoms with van der Waals surface area (Å²) >= 11 is 0. The van der Waals surface area contributed by atoms with Gasteiger partial charge in [-0.2, -0.15) is 0 Å². The second kappa shape index (κ2) is 10.3. The molecule has 5 aliphatic rings. The minimum Gasteiger partial charge on any atom is -0.342 e. The van der Waals surface area contributed by atoms with Crippen molar-refractivity contribution in [2.24, 2.45) is 17.8 Å². The number of hydrogen-bond acceptors (Lipinski definition) is 5. The highest BCUT2D eigenvalue weighted by molar-refractivity contribution is 6.39. The fourth-order valence-corrected chi connectivity index (χ4v) is 8.96. The first-order valence-electron chi connectivity index (χ1n) is 15.6. The Morgan fingerprint density at radius 3 is 2.27 bits per heavy atom. The Morgan fingerprint density at radius 2 is 1.58 bits per heavy atom. The number of carbonyl (C=O) groups excluding carboxylic acids is 3. The Balaban J connectivity index is 1.10. The maximum absolute atomic E-state index is 13.8. The molecule has 0 unspecified atom stereocenters. The summed E-state index contributed by atoms with van der Waals surface area (Å²) in [4.78, 5) is 51.7. The van der Waals surface area contributed by atoms with E-state index < -0.39 is 22.8 Å². The highest BCUT2D eigenvalue weighted by atomic mass is 16.6. The number of anilines is 1. The Hall–Kier alpha value is -5.05. The van der Waals surface area contributed by atoms with Gasteiger partial charge in [0.05, 0.1) is 10.6 Å². The first-order valence-corrected chi connectivity index (χ1v) is 15.6. The van der Waals surface area contributed by atoms with E-state index in [1.165, 1.54) is 62.3 Å². The molecule has 1 N–H and O–H groups in total. The van der Waals surface area contributed by atoms with Crippen molar-refractivity contribution in [3.63, 3.8) is 0 Å². The SMILES string of the molecule is O=C1NC(=O)N(c2ccc(C34CC5CC(CC(C5)C3)C4)cc2)C(=O)/C1=C/c1cn(Cc2cccc([N+](=O)[O-])c2)c2ccccc12. The van der Waals surface area contributed by atoms with Crippen LogP contribution in [0.25, 0.3) is 17.0 Å². The van der Waals surface area contributed by atoms with Crippen LogP contribution >= 0.6 is 0 Å². The van der Waals surface area contributed by atoms with Gasteiger partial charge in [-0.15, -0.1) is 0 Å². The van der Waals surface area contributed by atoms with Crippen LogP contribution in [0.4, 0.5) is 16.2 Å². The molecular weight excluding hydrogens is 568 g/mol. The third kappa shape index (κ3) is 4.65. The van der Waals surface area contributed by atoms with Crippen LogP contribution in [-0.2, 0) is 21.5 Å². The van der Waals surface area contributed by atoms with E-state index in [9.17, 15) is 24.5 Å². The van der Waals surface area contributed by atoms with Crippen LogP contribution in [0, 0.1) is 27.9 Å². The second-order valence-electron chi connectivity index (χ2n) is 13.4. The molecule has 9 heteroatoms. The highest BCUT2D eigenvalue weighted by Gasteiger charge is 2.51. The van der Waals surface area contributed by atoms with E-state index in [1.54, 1.807) is 6.07 Å². The molecule has 4 aliphatic carbocycles. The van der Waals surface area contributed by atoms with Crippen LogP contribution in [0.15, 0.2) is 84.6 Å². The number of non-ortho nitro benzene ring substituents is 1. The summed E-state index contributed by atoms with van der Waals surface area (Å²) in [6, 6.07) is 21.1. The molecule has 2 heterocycles. The molecule has 0 atom stereocenters. The average Bonchev–Trinajstić information content (AvgIpc) is 3.35. The van der Waals surface area contributed by atoms with Crippen LogP contribution in [0.1, 0.15) is 55.2 Å². The van der Waals surface area contributed by atoms with Crippen molar-refractivity contribution >= 4 is 46.2 Å². The molecule has 3 aromatic carbocycles. The second-order valence-corrected chi connectivity index (χ2v) is 13.4. The lowest BCUT2D eigenvalue weighted by atomic mass is 9.48. The van der Waals surface area contributed by atoms with Crippen molar-refractivity contribution in [1.29, 1.82) is 0 Å². The Labute approximate surface area is 259 Å². The summed E-state index contributed by atoms with van der Waals surface area (Å²) in [7, 11) is 0. The summed E-state index contributed by atoms with van der Waals surface area (Å²) in [5.74, 6) is 0.993. The summed E-state index contributed by atoms with van der Waals surface area (Å²) < 4.78 is 1.93. The number of fused-ring (bicyclic) bond motifs is 1. The van der Waals surface area contributed by atoms with Gasteiger partial charge in [0.15, 0.2) is 0 Å². The summed E-state index contributed by atoms with van der Waals surface area (Å²) in [6.07, 6.45) is 11.1. The van der Waals surface area contributed by atoms with Crippen molar-refractivity contribution in [3.05, 3.63) is 111 Å². The quantitative estimate of drug-likeness (QED) is 0.114. The Kier molecular flexibility index (Phi) is 6.27. The molecule has 4 aromatic rings. The molecule has 1 aliphatic heterocycles. The van der Waals surface area contributed by atoms with Gasteiger partial charge < -0.3 is 4.57 Å². The summed E-state index contributed by atoms with van der Waals surface area (Å²) in [5.41, 5.74) is 3.99. The first-order chi connectivity index (χ1) is 21.8. The number of hydrogen-bond donors (Lipinski definition) is 1. The lowest BCUT2D eigenvalue weighted by Gasteiger charge is -2.57. The molecule has 4 amide bonds. The van der Waals surface area contributed by atoms with E-state index in [1.807, 2.05) is 53.2 Å². The standard InChI is InChI=1S/C36H32N4O5/c41-33-31(16-26-21-38(32-7-2-1-6-30(26)32)20-22-4-3-5-29(15-22)40(44)45)34(42)39(35(43)37-33)28-10-8-27(9-11-28)36-17-23-12-24(18-36)14-25(13-23)19-36/h1-11,15-16,21,23-25H,12-14,17-20H2,(H,37,41,43)/b31-16+. The number of urea groups is 1. The number of para-hydroxylation sites is 1. The molecule has 0 spiro atoms. The molecule has 1 saturated heterocycles. The number of amides is 4. The van der Waals surface area contributed by atoms with Gasteiger partial charge in [0.25, 0.3) is 17.5 Å². The highest BCUT2D eigenvalue weighted by Crippen LogP contribution is 2.60. The van der Waals surface area contributed by atoms with E-state index in [-0.39, 0.29) is 16.7 Å². The van der Waals surface area contributed by atoms with Crippen molar-refractivity contribution in [2.75, 3.05) is 4.90 Å². The van der Waals surface area contributed by atoms with Crippen molar-refractivity contribution in [3.8, 4) is 0 Å². The topological polar surface area (TPSA) is 115 Å². The minimum absolute atomic E-state index is 0.00602. The summed E-state index contributed by atoms with van der Waals surface area (Å²) in [6.45, 7) is 0.353. The molecular formula is C36H32N4O5. The molecule has 5 fully saturated rings. The predicted molar refractivity (Wildman–Crippen MR) is 169 cm³/mol. The zero-order valence-corrected chi connectivity index (χ0v) is 24.6. The van der Waals surface area contributed by atoms with E-state index in [2.05, 4.69) is 17.4 Å². The number of benzene rings is 3. The van der Waals surface area contributed by atoms with Crippen LogP contribution in [0.3, 0.4) is 0 Å². The predicted octanol–water partition coefficient (Wildman–Crippen LogP) is 6.73. The van der Waals surface area contributed by atoms with Gasteiger partial charge in [-0.05, 0) is 97.1 Å². The molecule has 0 radical (unpaired) electrons. The molecule has 45 heavy (non-hydrogen) atoms. The van der Waals surface area contributed by atoms with Crippen molar-refractivity contribution in [2.45, 2.75) is 50.5 Å². The van der Waals surface area contributed by atoms with E-state index in [0.29, 0.717) is 17.8 Å². The lowest BCUT2D eigenvalue weighted by molar-refractivity contribution is -0.384. The van der Waals surface area contributed by atoms with Gasteiger partial charge in [-0.3, -0.25) is 25.0 Å². The van der Waals surface area contributed by atoms with Gasteiger partial charge in [-0.1, -0.05) is 42.5 Å². The van der Waals surface area contributed by atoms with Crippen molar-refractivity contribution in [1.82, 2.24) is 9.88 Å². The lowest BCUT2D eigenvalue weighted by Crippen LogP contribution is -2.54. The normalized spacial score (nSPS) is 26.6. The number of nitro benzene ring substituents is 1. The largest absolute Gasteiger partial charge is 0.342 e. The molecule has 4 saturated carbocycles.